The monoisotopic (exact) mass is 497 g/mol. The largest absolute Gasteiger partial charge is 0.457 e. The molecule has 3 heterocycles. The highest BCUT2D eigenvalue weighted by Crippen LogP contribution is 2.25. The van der Waals surface area contributed by atoms with Crippen molar-refractivity contribution in [1.82, 2.24) is 25.0 Å². The van der Waals surface area contributed by atoms with Gasteiger partial charge in [-0.3, -0.25) is 9.48 Å². The molecular weight excluding hydrogens is 470 g/mol. The Balaban J connectivity index is 1.18. The first-order chi connectivity index (χ1) is 17.9. The third-order valence-corrected chi connectivity index (χ3v) is 6.08. The summed E-state index contributed by atoms with van der Waals surface area (Å²) in [6, 6.07) is 17.9. The lowest BCUT2D eigenvalue weighted by Gasteiger charge is -2.18. The molecule has 188 valence electrons. The number of urea groups is 1. The zero-order chi connectivity index (χ0) is 25.8. The van der Waals surface area contributed by atoms with Gasteiger partial charge in [0.25, 0.3) is 5.91 Å². The minimum Gasteiger partial charge on any atom is -0.457 e. The molecule has 5 rings (SSSR count). The Morgan fingerprint density at radius 3 is 2.62 bits per heavy atom. The van der Waals surface area contributed by atoms with Gasteiger partial charge in [-0.1, -0.05) is 24.3 Å². The van der Waals surface area contributed by atoms with Crippen molar-refractivity contribution < 1.29 is 14.3 Å². The van der Waals surface area contributed by atoms with Crippen LogP contribution in [0.5, 0.6) is 11.5 Å². The van der Waals surface area contributed by atoms with Gasteiger partial charge in [0.05, 0.1) is 11.8 Å². The van der Waals surface area contributed by atoms with E-state index in [1.807, 2.05) is 55.7 Å². The molecule has 1 aliphatic heterocycles. The SMILES string of the molecule is Cn1cc(-c2cnc(N)c(C(=O)N[C@@H]3CCN(C(=O)Nc4cccc(Oc5ccccc5)c4)C3)c2)cn1. The fourth-order valence-electron chi connectivity index (χ4n) is 4.18. The van der Waals surface area contributed by atoms with Crippen LogP contribution in [0.15, 0.2) is 79.3 Å². The number of para-hydroxylation sites is 1. The minimum atomic E-state index is -0.325. The molecule has 2 aromatic heterocycles. The first-order valence-electron chi connectivity index (χ1n) is 11.9. The Morgan fingerprint density at radius 2 is 1.84 bits per heavy atom. The zero-order valence-electron chi connectivity index (χ0n) is 20.3. The van der Waals surface area contributed by atoms with E-state index in [9.17, 15) is 9.59 Å². The van der Waals surface area contributed by atoms with Gasteiger partial charge in [-0.15, -0.1) is 0 Å². The van der Waals surface area contributed by atoms with Crippen molar-refractivity contribution in [3.05, 3.63) is 84.8 Å². The Bertz CT molecular complexity index is 1420. The summed E-state index contributed by atoms with van der Waals surface area (Å²) in [5.74, 6) is 1.16. The molecule has 4 aromatic rings. The van der Waals surface area contributed by atoms with Gasteiger partial charge >= 0.3 is 6.03 Å². The van der Waals surface area contributed by atoms with Crippen LogP contribution in [0.4, 0.5) is 16.3 Å². The van der Waals surface area contributed by atoms with Gasteiger partial charge < -0.3 is 26.0 Å². The second-order valence-electron chi connectivity index (χ2n) is 8.84. The Kier molecular flexibility index (Phi) is 6.71. The number of hydrogen-bond acceptors (Lipinski definition) is 6. The number of amides is 3. The van der Waals surface area contributed by atoms with E-state index in [2.05, 4.69) is 20.7 Å². The van der Waals surface area contributed by atoms with Crippen molar-refractivity contribution in [2.45, 2.75) is 12.5 Å². The fourth-order valence-corrected chi connectivity index (χ4v) is 4.18. The number of rotatable bonds is 6. The van der Waals surface area contributed by atoms with E-state index in [0.29, 0.717) is 42.3 Å². The summed E-state index contributed by atoms with van der Waals surface area (Å²) in [7, 11) is 1.82. The normalized spacial score (nSPS) is 14.8. The lowest BCUT2D eigenvalue weighted by molar-refractivity contribution is 0.0938. The van der Waals surface area contributed by atoms with Crippen LogP contribution in [0.3, 0.4) is 0 Å². The van der Waals surface area contributed by atoms with Crippen LogP contribution >= 0.6 is 0 Å². The maximum absolute atomic E-state index is 13.0. The van der Waals surface area contributed by atoms with Crippen molar-refractivity contribution >= 4 is 23.4 Å². The number of hydrogen-bond donors (Lipinski definition) is 3. The lowest BCUT2D eigenvalue weighted by atomic mass is 10.1. The molecule has 3 amide bonds. The fraction of sp³-hybridized carbons (Fsp3) is 0.185. The Hall–Kier alpha value is -4.86. The number of pyridine rings is 1. The minimum absolute atomic E-state index is 0.148. The highest BCUT2D eigenvalue weighted by molar-refractivity contribution is 5.99. The molecule has 0 saturated carbocycles. The molecule has 1 saturated heterocycles. The second-order valence-corrected chi connectivity index (χ2v) is 8.84. The number of likely N-dealkylation sites (tertiary alicyclic amines) is 1. The summed E-state index contributed by atoms with van der Waals surface area (Å²) in [6.07, 6.45) is 5.79. The van der Waals surface area contributed by atoms with Crippen LogP contribution in [-0.4, -0.2) is 50.7 Å². The number of anilines is 2. The molecule has 0 bridgehead atoms. The maximum Gasteiger partial charge on any atom is 0.321 e. The van der Waals surface area contributed by atoms with E-state index in [0.717, 1.165) is 11.1 Å². The summed E-state index contributed by atoms with van der Waals surface area (Å²) < 4.78 is 7.52. The molecule has 10 heteroatoms. The summed E-state index contributed by atoms with van der Waals surface area (Å²) in [5.41, 5.74) is 8.49. The third-order valence-electron chi connectivity index (χ3n) is 6.08. The van der Waals surface area contributed by atoms with Gasteiger partial charge in [-0.25, -0.2) is 9.78 Å². The molecule has 37 heavy (non-hydrogen) atoms. The number of ether oxygens (including phenoxy) is 1. The van der Waals surface area contributed by atoms with E-state index >= 15 is 0 Å². The molecular formula is C27H27N7O3. The summed E-state index contributed by atoms with van der Waals surface area (Å²) in [4.78, 5) is 31.7. The first-order valence-corrected chi connectivity index (χ1v) is 11.9. The number of nitrogens with one attached hydrogen (secondary N) is 2. The lowest BCUT2D eigenvalue weighted by Crippen LogP contribution is -2.40. The van der Waals surface area contributed by atoms with Crippen LogP contribution < -0.4 is 21.1 Å². The molecule has 0 radical (unpaired) electrons. The number of aryl methyl sites for hydroxylation is 1. The molecule has 1 aliphatic rings. The topological polar surface area (TPSA) is 127 Å². The standard InChI is InChI=1S/C27H27N7O3/c1-33-16-19(15-30-33)18-12-24(25(28)29-14-18)26(35)31-21-10-11-34(17-21)27(36)32-20-6-5-9-23(13-20)37-22-7-3-2-4-8-22/h2-9,12-16,21H,10-11,17H2,1H3,(H2,28,29)(H,31,35)(H,32,36)/t21-/m1/s1. The Labute approximate surface area is 214 Å². The zero-order valence-corrected chi connectivity index (χ0v) is 20.3. The van der Waals surface area contributed by atoms with Gasteiger partial charge in [-0.2, -0.15) is 5.10 Å². The third kappa shape index (κ3) is 5.69. The van der Waals surface area contributed by atoms with E-state index in [1.165, 1.54) is 0 Å². The van der Waals surface area contributed by atoms with Crippen molar-refractivity contribution in [3.63, 3.8) is 0 Å². The number of carbonyl (C=O) groups excluding carboxylic acids is 2. The summed E-state index contributed by atoms with van der Waals surface area (Å²) >= 11 is 0. The number of nitrogen functional groups attached to an aromatic ring is 1. The van der Waals surface area contributed by atoms with Crippen LogP contribution in [0.2, 0.25) is 0 Å². The van der Waals surface area contributed by atoms with Crippen LogP contribution in [0, 0.1) is 0 Å². The average Bonchev–Trinajstić information content (AvgIpc) is 3.54. The van der Waals surface area contributed by atoms with Crippen LogP contribution in [-0.2, 0) is 7.05 Å². The quantitative estimate of drug-likeness (QED) is 0.371. The van der Waals surface area contributed by atoms with Crippen molar-refractivity contribution in [1.29, 1.82) is 0 Å². The van der Waals surface area contributed by atoms with E-state index in [-0.39, 0.29) is 23.8 Å². The van der Waals surface area contributed by atoms with Crippen molar-refractivity contribution in [3.8, 4) is 22.6 Å². The maximum atomic E-state index is 13.0. The molecule has 1 fully saturated rings. The highest BCUT2D eigenvalue weighted by atomic mass is 16.5. The van der Waals surface area contributed by atoms with Gasteiger partial charge in [0, 0.05) is 61.5 Å². The predicted octanol–water partition coefficient (Wildman–Crippen LogP) is 3.89. The van der Waals surface area contributed by atoms with E-state index < -0.39 is 0 Å². The molecule has 0 unspecified atom stereocenters. The smallest absolute Gasteiger partial charge is 0.321 e. The van der Waals surface area contributed by atoms with Crippen LogP contribution in [0.1, 0.15) is 16.8 Å². The van der Waals surface area contributed by atoms with Crippen molar-refractivity contribution in [2.24, 2.45) is 7.05 Å². The number of nitrogens with zero attached hydrogens (tertiary/aromatic N) is 4. The van der Waals surface area contributed by atoms with E-state index in [4.69, 9.17) is 10.5 Å². The number of benzene rings is 2. The highest BCUT2D eigenvalue weighted by Gasteiger charge is 2.28. The molecule has 4 N–H and O–H groups in total. The number of nitrogens with two attached hydrogens (primary N) is 1. The van der Waals surface area contributed by atoms with Gasteiger partial charge in [0.15, 0.2) is 0 Å². The molecule has 2 aromatic carbocycles. The molecule has 1 atom stereocenters. The predicted molar refractivity (Wildman–Crippen MR) is 140 cm³/mol. The molecule has 10 nitrogen and oxygen atoms in total. The molecule has 0 aliphatic carbocycles. The van der Waals surface area contributed by atoms with E-state index in [1.54, 1.807) is 40.2 Å². The first kappa shape index (κ1) is 23.9. The second kappa shape index (κ2) is 10.4. The number of aromatic nitrogens is 3. The summed E-state index contributed by atoms with van der Waals surface area (Å²) in [5, 5.41) is 10.1. The van der Waals surface area contributed by atoms with Gasteiger partial charge in [-0.05, 0) is 36.8 Å². The molecule has 0 spiro atoms. The average molecular weight is 498 g/mol. The number of carbonyl (C=O) groups is 2. The van der Waals surface area contributed by atoms with Gasteiger partial charge in [0.2, 0.25) is 0 Å². The van der Waals surface area contributed by atoms with Crippen molar-refractivity contribution in [2.75, 3.05) is 24.1 Å². The Morgan fingerprint density at radius 1 is 1.03 bits per heavy atom. The van der Waals surface area contributed by atoms with Crippen LogP contribution in [0.25, 0.3) is 11.1 Å². The summed E-state index contributed by atoms with van der Waals surface area (Å²) in [6.45, 7) is 0.897. The van der Waals surface area contributed by atoms with Gasteiger partial charge in [0.1, 0.15) is 17.3 Å².